The molecule has 1 N–H and O–H groups in total. The molecule has 4 rings (SSSR count). The minimum atomic E-state index is -4.98. The average molecular weight is 545 g/mol. The van der Waals surface area contributed by atoms with Crippen molar-refractivity contribution in [3.8, 4) is 11.8 Å². The molecule has 0 aromatic heterocycles. The molecular formula is C27H27F7N2O2. The molecule has 4 nitrogen and oxygen atoms in total. The second-order valence-corrected chi connectivity index (χ2v) is 9.28. The van der Waals surface area contributed by atoms with Crippen LogP contribution in [0.25, 0.3) is 0 Å². The Labute approximate surface area is 216 Å². The molecule has 38 heavy (non-hydrogen) atoms. The maximum atomic E-state index is 13.7. The van der Waals surface area contributed by atoms with Gasteiger partial charge in [0, 0.05) is 12.6 Å². The maximum Gasteiger partial charge on any atom is 0.416 e. The van der Waals surface area contributed by atoms with Gasteiger partial charge >= 0.3 is 12.4 Å². The van der Waals surface area contributed by atoms with E-state index in [2.05, 4.69) is 17.2 Å². The zero-order valence-electron chi connectivity index (χ0n) is 20.7. The van der Waals surface area contributed by atoms with Gasteiger partial charge < -0.3 is 14.8 Å². The van der Waals surface area contributed by atoms with Crippen LogP contribution < -0.4 is 5.32 Å². The van der Waals surface area contributed by atoms with E-state index in [0.29, 0.717) is 24.2 Å². The largest absolute Gasteiger partial charge is 0.416 e. The number of alkyl halides is 6. The molecule has 5 atom stereocenters. The molecule has 2 aliphatic heterocycles. The smallest absolute Gasteiger partial charge is 0.349 e. The molecule has 2 fully saturated rings. The Kier molecular flexibility index (Phi) is 8.37. The van der Waals surface area contributed by atoms with Gasteiger partial charge in [0.05, 0.1) is 35.9 Å². The Bertz CT molecular complexity index is 1130. The number of rotatable bonds is 6. The molecule has 4 unspecified atom stereocenters. The predicted octanol–water partition coefficient (Wildman–Crippen LogP) is 6.09. The molecule has 0 spiro atoms. The minimum absolute atomic E-state index is 0.0550. The Balaban J connectivity index is 1.70. The summed E-state index contributed by atoms with van der Waals surface area (Å²) in [5.74, 6) is 5.67. The van der Waals surface area contributed by atoms with Gasteiger partial charge in [-0.05, 0) is 68.3 Å². The summed E-state index contributed by atoms with van der Waals surface area (Å²) in [7, 11) is 0. The van der Waals surface area contributed by atoms with Crippen LogP contribution >= 0.6 is 0 Å². The fourth-order valence-corrected chi connectivity index (χ4v) is 4.73. The number of ether oxygens (including phenoxy) is 2. The van der Waals surface area contributed by atoms with Crippen molar-refractivity contribution in [3.63, 3.8) is 0 Å². The van der Waals surface area contributed by atoms with E-state index in [1.165, 1.54) is 19.1 Å². The van der Waals surface area contributed by atoms with Crippen molar-refractivity contribution >= 4 is 0 Å². The molecule has 0 aliphatic carbocycles. The maximum absolute atomic E-state index is 13.7. The van der Waals surface area contributed by atoms with Crippen LogP contribution in [0.5, 0.6) is 0 Å². The van der Waals surface area contributed by atoms with Crippen molar-refractivity contribution in [3.05, 3.63) is 70.5 Å². The van der Waals surface area contributed by atoms with Crippen LogP contribution in [0.3, 0.4) is 0 Å². The summed E-state index contributed by atoms with van der Waals surface area (Å²) in [6.45, 7) is 4.54. The van der Waals surface area contributed by atoms with E-state index >= 15 is 0 Å². The molecule has 11 heteroatoms. The van der Waals surface area contributed by atoms with E-state index in [4.69, 9.17) is 9.47 Å². The molecule has 2 aromatic rings. The lowest BCUT2D eigenvalue weighted by atomic mass is 9.93. The zero-order chi connectivity index (χ0) is 27.7. The standard InChI is InChI=1S/C27H27F7N2O2/c1-3-4-23(22-9-10-35-22)36-11-12-37-25(24(36)17-5-7-21(28)8-6-17)38-16(2)18-13-19(26(29,30)31)15-20(14-18)27(32,33)34/h5-8,13-16,22-25,35H,9-12H2,1-2H3/t16-,22?,23?,24?,25?/m1/s1. The lowest BCUT2D eigenvalue weighted by Gasteiger charge is -2.48. The molecule has 0 saturated carbocycles. The summed E-state index contributed by atoms with van der Waals surface area (Å²) in [5, 5.41) is 3.33. The summed E-state index contributed by atoms with van der Waals surface area (Å²) >= 11 is 0. The van der Waals surface area contributed by atoms with E-state index in [1.807, 2.05) is 4.90 Å². The van der Waals surface area contributed by atoms with Crippen molar-refractivity contribution in [1.29, 1.82) is 0 Å². The first-order valence-electron chi connectivity index (χ1n) is 12.1. The van der Waals surface area contributed by atoms with E-state index < -0.39 is 47.7 Å². The quantitative estimate of drug-likeness (QED) is 0.353. The monoisotopic (exact) mass is 544 g/mol. The van der Waals surface area contributed by atoms with Gasteiger partial charge in [0.1, 0.15) is 5.82 Å². The fraction of sp³-hybridized carbons (Fsp3) is 0.481. The third-order valence-electron chi connectivity index (χ3n) is 6.77. The highest BCUT2D eigenvalue weighted by Gasteiger charge is 2.43. The normalized spacial score (nSPS) is 24.2. The van der Waals surface area contributed by atoms with Gasteiger partial charge in [-0.15, -0.1) is 5.92 Å². The van der Waals surface area contributed by atoms with Crippen LogP contribution in [-0.2, 0) is 21.8 Å². The molecule has 0 bridgehead atoms. The Morgan fingerprint density at radius 1 is 1.03 bits per heavy atom. The van der Waals surface area contributed by atoms with Gasteiger partial charge in [0.25, 0.3) is 0 Å². The number of morpholine rings is 1. The summed E-state index contributed by atoms with van der Waals surface area (Å²) in [5.41, 5.74) is -2.52. The third-order valence-corrected chi connectivity index (χ3v) is 6.77. The number of halogens is 7. The van der Waals surface area contributed by atoms with E-state index in [1.54, 1.807) is 19.1 Å². The molecule has 2 heterocycles. The van der Waals surface area contributed by atoms with Gasteiger partial charge in [-0.2, -0.15) is 26.3 Å². The van der Waals surface area contributed by atoms with Crippen LogP contribution in [0.15, 0.2) is 42.5 Å². The Morgan fingerprint density at radius 2 is 1.63 bits per heavy atom. The third kappa shape index (κ3) is 6.31. The van der Waals surface area contributed by atoms with Crippen LogP contribution in [0.2, 0.25) is 0 Å². The molecular weight excluding hydrogens is 517 g/mol. The first-order valence-corrected chi connectivity index (χ1v) is 12.1. The highest BCUT2D eigenvalue weighted by atomic mass is 19.4. The molecule has 2 aliphatic rings. The van der Waals surface area contributed by atoms with E-state index in [-0.39, 0.29) is 30.3 Å². The van der Waals surface area contributed by atoms with Gasteiger partial charge in [-0.1, -0.05) is 18.1 Å². The lowest BCUT2D eigenvalue weighted by molar-refractivity contribution is -0.234. The zero-order valence-corrected chi connectivity index (χ0v) is 20.7. The van der Waals surface area contributed by atoms with Crippen molar-refractivity contribution < 1.29 is 40.2 Å². The van der Waals surface area contributed by atoms with Gasteiger partial charge in [-0.25, -0.2) is 4.39 Å². The van der Waals surface area contributed by atoms with Crippen molar-refractivity contribution in [2.45, 2.75) is 63.1 Å². The van der Waals surface area contributed by atoms with Crippen molar-refractivity contribution in [1.82, 2.24) is 10.2 Å². The van der Waals surface area contributed by atoms with Gasteiger partial charge in [0.2, 0.25) is 0 Å². The first kappa shape index (κ1) is 28.4. The van der Waals surface area contributed by atoms with Crippen molar-refractivity contribution in [2.24, 2.45) is 0 Å². The van der Waals surface area contributed by atoms with Gasteiger partial charge in [0.15, 0.2) is 6.29 Å². The highest BCUT2D eigenvalue weighted by Crippen LogP contribution is 2.40. The number of hydrogen-bond acceptors (Lipinski definition) is 4. The van der Waals surface area contributed by atoms with Crippen LogP contribution in [0, 0.1) is 17.7 Å². The number of nitrogens with one attached hydrogen (secondary N) is 1. The predicted molar refractivity (Wildman–Crippen MR) is 125 cm³/mol. The Morgan fingerprint density at radius 3 is 2.13 bits per heavy atom. The van der Waals surface area contributed by atoms with Gasteiger partial charge in [-0.3, -0.25) is 4.90 Å². The number of benzene rings is 2. The summed E-state index contributed by atoms with van der Waals surface area (Å²) < 4.78 is 106. The molecule has 0 radical (unpaired) electrons. The molecule has 2 saturated heterocycles. The first-order chi connectivity index (χ1) is 17.9. The second-order valence-electron chi connectivity index (χ2n) is 9.28. The number of hydrogen-bond donors (Lipinski definition) is 1. The number of nitrogens with zero attached hydrogens (tertiary/aromatic N) is 1. The topological polar surface area (TPSA) is 33.7 Å². The Hall–Kier alpha value is -2.65. The van der Waals surface area contributed by atoms with Crippen LogP contribution in [0.4, 0.5) is 30.7 Å². The summed E-state index contributed by atoms with van der Waals surface area (Å²) in [4.78, 5) is 2.04. The van der Waals surface area contributed by atoms with Crippen LogP contribution in [-0.4, -0.2) is 43.0 Å². The lowest BCUT2D eigenvalue weighted by Crippen LogP contribution is -2.61. The second kappa shape index (κ2) is 11.2. The minimum Gasteiger partial charge on any atom is -0.349 e. The highest BCUT2D eigenvalue weighted by molar-refractivity contribution is 5.35. The van der Waals surface area contributed by atoms with Crippen molar-refractivity contribution in [2.75, 3.05) is 19.7 Å². The van der Waals surface area contributed by atoms with E-state index in [0.717, 1.165) is 13.0 Å². The SMILES string of the molecule is CC#CC(C1CCN1)N1CCOC(O[C@H](C)c2cc(C(F)(F)F)cc(C(F)(F)F)c2)C1c1ccc(F)cc1. The molecule has 206 valence electrons. The summed E-state index contributed by atoms with van der Waals surface area (Å²) in [6.07, 6.45) is -11.4. The van der Waals surface area contributed by atoms with E-state index in [9.17, 15) is 30.7 Å². The fourth-order valence-electron chi connectivity index (χ4n) is 4.73. The average Bonchev–Trinajstić information content (AvgIpc) is 2.82. The summed E-state index contributed by atoms with van der Waals surface area (Å²) in [6, 6.07) is 6.18. The van der Waals surface area contributed by atoms with Crippen LogP contribution in [0.1, 0.15) is 54.7 Å². The molecule has 0 amide bonds. The molecule has 2 aromatic carbocycles.